The van der Waals surface area contributed by atoms with Gasteiger partial charge in [-0.3, -0.25) is 4.98 Å². The van der Waals surface area contributed by atoms with E-state index in [1.54, 1.807) is 6.07 Å². The molecular formula is C15H11Br2NO2. The van der Waals surface area contributed by atoms with Gasteiger partial charge >= 0.3 is 0 Å². The second kappa shape index (κ2) is 5.68. The van der Waals surface area contributed by atoms with E-state index in [4.69, 9.17) is 4.42 Å². The highest BCUT2D eigenvalue weighted by Gasteiger charge is 2.16. The van der Waals surface area contributed by atoms with Crippen LogP contribution in [0.3, 0.4) is 0 Å². The molecule has 0 saturated carbocycles. The van der Waals surface area contributed by atoms with Crippen LogP contribution in [0, 0.1) is 0 Å². The van der Waals surface area contributed by atoms with E-state index in [9.17, 15) is 5.11 Å². The highest BCUT2D eigenvalue weighted by Crippen LogP contribution is 2.31. The lowest BCUT2D eigenvalue weighted by atomic mass is 10.1. The minimum Gasteiger partial charge on any atom is -0.450 e. The predicted octanol–water partition coefficient (Wildman–Crippen LogP) is 4.63. The zero-order chi connectivity index (χ0) is 14.1. The van der Waals surface area contributed by atoms with Crippen molar-refractivity contribution in [3.05, 3.63) is 63.1 Å². The second-order valence-corrected chi connectivity index (χ2v) is 6.06. The molecule has 0 aliphatic heterocycles. The van der Waals surface area contributed by atoms with Crippen molar-refractivity contribution >= 4 is 42.8 Å². The Morgan fingerprint density at radius 2 is 1.95 bits per heavy atom. The Balaban J connectivity index is 1.85. The molecular weight excluding hydrogens is 386 g/mol. The van der Waals surface area contributed by atoms with E-state index in [1.807, 2.05) is 36.4 Å². The molecule has 0 saturated heterocycles. The maximum absolute atomic E-state index is 10.2. The fourth-order valence-electron chi connectivity index (χ4n) is 2.05. The third kappa shape index (κ3) is 2.80. The zero-order valence-corrected chi connectivity index (χ0v) is 13.6. The number of halogens is 2. The van der Waals surface area contributed by atoms with Crippen molar-refractivity contribution in [1.82, 2.24) is 4.98 Å². The molecule has 20 heavy (non-hydrogen) atoms. The lowest BCUT2D eigenvalue weighted by Crippen LogP contribution is -2.02. The number of pyridine rings is 1. The van der Waals surface area contributed by atoms with Crippen LogP contribution in [0.5, 0.6) is 0 Å². The highest BCUT2D eigenvalue weighted by atomic mass is 79.9. The van der Waals surface area contributed by atoms with Gasteiger partial charge in [-0.05, 0) is 50.1 Å². The normalized spacial score (nSPS) is 12.8. The third-order valence-corrected chi connectivity index (χ3v) is 4.76. The molecule has 1 aromatic carbocycles. The number of hydrogen-bond donors (Lipinski definition) is 1. The molecule has 2 heterocycles. The molecule has 3 nitrogen and oxygen atoms in total. The van der Waals surface area contributed by atoms with Crippen molar-refractivity contribution in [3.63, 3.8) is 0 Å². The number of fused-ring (bicyclic) bond motifs is 1. The summed E-state index contributed by atoms with van der Waals surface area (Å²) in [6.45, 7) is 0. The summed E-state index contributed by atoms with van der Waals surface area (Å²) in [6.07, 6.45) is -0.303. The van der Waals surface area contributed by atoms with Gasteiger partial charge in [0.05, 0.1) is 9.99 Å². The zero-order valence-electron chi connectivity index (χ0n) is 10.4. The molecule has 0 bridgehead atoms. The fourth-order valence-corrected chi connectivity index (χ4v) is 2.66. The highest BCUT2D eigenvalue weighted by molar-refractivity contribution is 9.13. The van der Waals surface area contributed by atoms with Crippen molar-refractivity contribution in [1.29, 1.82) is 0 Å². The molecule has 0 amide bonds. The first kappa shape index (κ1) is 13.8. The number of aromatic nitrogens is 1. The number of aliphatic hydroxyl groups is 1. The molecule has 1 unspecified atom stereocenters. The monoisotopic (exact) mass is 395 g/mol. The average Bonchev–Trinajstić information content (AvgIpc) is 2.79. The Morgan fingerprint density at radius 3 is 2.70 bits per heavy atom. The van der Waals surface area contributed by atoms with Gasteiger partial charge in [-0.25, -0.2) is 0 Å². The van der Waals surface area contributed by atoms with Crippen LogP contribution in [0.2, 0.25) is 0 Å². The van der Waals surface area contributed by atoms with Crippen LogP contribution in [0.15, 0.2) is 56.0 Å². The van der Waals surface area contributed by atoms with Crippen molar-refractivity contribution in [2.75, 3.05) is 0 Å². The molecule has 3 rings (SSSR count). The average molecular weight is 397 g/mol. The first-order valence-electron chi connectivity index (χ1n) is 6.11. The van der Waals surface area contributed by atoms with Crippen LogP contribution in [0.4, 0.5) is 0 Å². The molecule has 2 aromatic heterocycles. The van der Waals surface area contributed by atoms with E-state index in [0.29, 0.717) is 16.9 Å². The number of nitrogens with zero attached hydrogens (tertiary/aromatic N) is 1. The summed E-state index contributed by atoms with van der Waals surface area (Å²) < 4.78 is 6.80. The molecule has 0 spiro atoms. The van der Waals surface area contributed by atoms with Crippen LogP contribution in [-0.2, 0) is 6.42 Å². The van der Waals surface area contributed by atoms with Crippen molar-refractivity contribution < 1.29 is 9.52 Å². The summed E-state index contributed by atoms with van der Waals surface area (Å²) in [7, 11) is 0. The third-order valence-electron chi connectivity index (χ3n) is 3.05. The quantitative estimate of drug-likeness (QED) is 0.701. The summed E-state index contributed by atoms with van der Waals surface area (Å²) >= 11 is 6.60. The van der Waals surface area contributed by atoms with Crippen molar-refractivity contribution in [2.24, 2.45) is 0 Å². The Bertz CT molecular complexity index is 735. The Kier molecular flexibility index (Phi) is 3.92. The summed E-state index contributed by atoms with van der Waals surface area (Å²) in [5.41, 5.74) is 1.76. The minimum absolute atomic E-state index is 0.414. The fraction of sp³-hybridized carbons (Fsp3) is 0.133. The van der Waals surface area contributed by atoms with Gasteiger partial charge in [0.15, 0.2) is 4.67 Å². The van der Waals surface area contributed by atoms with Gasteiger partial charge in [0.25, 0.3) is 0 Å². The topological polar surface area (TPSA) is 46.3 Å². The van der Waals surface area contributed by atoms with Crippen molar-refractivity contribution in [2.45, 2.75) is 12.5 Å². The molecule has 5 heteroatoms. The number of aliphatic hydroxyl groups excluding tert-OH is 1. The van der Waals surface area contributed by atoms with Gasteiger partial charge in [0, 0.05) is 17.5 Å². The van der Waals surface area contributed by atoms with Gasteiger partial charge in [0.2, 0.25) is 0 Å². The van der Waals surface area contributed by atoms with E-state index in [0.717, 1.165) is 21.1 Å². The molecule has 0 fully saturated rings. The van der Waals surface area contributed by atoms with Gasteiger partial charge in [-0.1, -0.05) is 24.3 Å². The second-order valence-electron chi connectivity index (χ2n) is 4.49. The largest absolute Gasteiger partial charge is 0.450 e. The van der Waals surface area contributed by atoms with E-state index < -0.39 is 6.10 Å². The summed E-state index contributed by atoms with van der Waals surface area (Å²) in [5, 5.41) is 11.3. The maximum atomic E-state index is 10.2. The number of furan rings is 1. The molecule has 1 atom stereocenters. The van der Waals surface area contributed by atoms with Gasteiger partial charge in [0.1, 0.15) is 11.9 Å². The first-order chi connectivity index (χ1) is 9.63. The smallest absolute Gasteiger partial charge is 0.183 e. The van der Waals surface area contributed by atoms with Gasteiger partial charge < -0.3 is 9.52 Å². The predicted molar refractivity (Wildman–Crippen MR) is 84.5 cm³/mol. The van der Waals surface area contributed by atoms with Crippen molar-refractivity contribution in [3.8, 4) is 0 Å². The minimum atomic E-state index is -0.716. The van der Waals surface area contributed by atoms with Crippen LogP contribution in [-0.4, -0.2) is 10.1 Å². The Hall–Kier alpha value is -1.17. The maximum Gasteiger partial charge on any atom is 0.183 e. The number of benzene rings is 1. The van der Waals surface area contributed by atoms with Crippen LogP contribution in [0.25, 0.3) is 10.9 Å². The molecule has 3 aromatic rings. The molecule has 0 aliphatic rings. The SMILES string of the molecule is OC(Cc1ccc2ccccc2n1)c1cc(Br)c(Br)o1. The summed E-state index contributed by atoms with van der Waals surface area (Å²) in [4.78, 5) is 4.54. The molecule has 0 aliphatic carbocycles. The van der Waals surface area contributed by atoms with Crippen LogP contribution >= 0.6 is 31.9 Å². The number of para-hydroxylation sites is 1. The first-order valence-corrected chi connectivity index (χ1v) is 7.69. The van der Waals surface area contributed by atoms with Gasteiger partial charge in [-0.2, -0.15) is 0 Å². The summed E-state index contributed by atoms with van der Waals surface area (Å²) in [5.74, 6) is 0.513. The summed E-state index contributed by atoms with van der Waals surface area (Å²) in [6, 6.07) is 13.6. The number of rotatable bonds is 3. The number of hydrogen-bond acceptors (Lipinski definition) is 3. The van der Waals surface area contributed by atoms with E-state index >= 15 is 0 Å². The van der Waals surface area contributed by atoms with E-state index in [1.165, 1.54) is 0 Å². The van der Waals surface area contributed by atoms with Gasteiger partial charge in [-0.15, -0.1) is 0 Å². The Morgan fingerprint density at radius 1 is 1.15 bits per heavy atom. The van der Waals surface area contributed by atoms with E-state index in [-0.39, 0.29) is 0 Å². The van der Waals surface area contributed by atoms with Crippen LogP contribution in [0.1, 0.15) is 17.6 Å². The lowest BCUT2D eigenvalue weighted by Gasteiger charge is -2.08. The molecule has 1 N–H and O–H groups in total. The lowest BCUT2D eigenvalue weighted by molar-refractivity contribution is 0.148. The standard InChI is InChI=1S/C15H11Br2NO2/c16-11-8-14(20-15(11)17)13(19)7-10-6-5-9-3-1-2-4-12(9)18-10/h1-6,8,13,19H,7H2. The molecule has 102 valence electrons. The van der Waals surface area contributed by atoms with Crippen LogP contribution < -0.4 is 0 Å². The molecule has 0 radical (unpaired) electrons. The van der Waals surface area contributed by atoms with E-state index in [2.05, 4.69) is 36.8 Å². The Labute approximate surface area is 132 Å².